The summed E-state index contributed by atoms with van der Waals surface area (Å²) in [5, 5.41) is 0. The smallest absolute Gasteiger partial charge is 0.0576 e. The fraction of sp³-hybridized carbons (Fsp3) is 1.00. The van der Waals surface area contributed by atoms with E-state index in [0.29, 0.717) is 12.2 Å². The molecule has 0 bridgehead atoms. The van der Waals surface area contributed by atoms with Crippen LogP contribution in [0.25, 0.3) is 0 Å². The lowest BCUT2D eigenvalue weighted by Gasteiger charge is -2.10. The maximum Gasteiger partial charge on any atom is 0.0576 e. The molecule has 3 heteroatoms. The quantitative estimate of drug-likeness (QED) is 0.566. The summed E-state index contributed by atoms with van der Waals surface area (Å²) in [5.74, 6) is 0. The number of unbranched alkanes of at least 4 members (excludes halogenated alkanes) is 2. The molecule has 2 aliphatic heterocycles. The average molecular weight is 270 g/mol. The second kappa shape index (κ2) is 9.73. The molecule has 0 amide bonds. The number of ether oxygens (including phenoxy) is 3. The molecule has 0 aromatic carbocycles. The van der Waals surface area contributed by atoms with E-state index in [4.69, 9.17) is 14.2 Å². The van der Waals surface area contributed by atoms with Crippen LogP contribution >= 0.6 is 0 Å². The third-order valence-electron chi connectivity index (χ3n) is 4.18. The topological polar surface area (TPSA) is 27.7 Å². The van der Waals surface area contributed by atoms with Crippen molar-refractivity contribution in [2.24, 2.45) is 0 Å². The predicted octanol–water partition coefficient (Wildman–Crippen LogP) is 3.70. The van der Waals surface area contributed by atoms with Crippen LogP contribution in [0.5, 0.6) is 0 Å². The van der Waals surface area contributed by atoms with Crippen LogP contribution in [0.1, 0.15) is 64.2 Å². The molecule has 2 saturated heterocycles. The summed E-state index contributed by atoms with van der Waals surface area (Å²) < 4.78 is 16.9. The molecular weight excluding hydrogens is 240 g/mol. The van der Waals surface area contributed by atoms with Gasteiger partial charge in [-0.15, -0.1) is 0 Å². The van der Waals surface area contributed by atoms with Gasteiger partial charge < -0.3 is 14.2 Å². The van der Waals surface area contributed by atoms with Gasteiger partial charge in [-0.2, -0.15) is 0 Å². The van der Waals surface area contributed by atoms with Crippen LogP contribution in [0.2, 0.25) is 0 Å². The van der Waals surface area contributed by atoms with Crippen LogP contribution in [-0.2, 0) is 14.2 Å². The summed E-state index contributed by atoms with van der Waals surface area (Å²) in [5.41, 5.74) is 0. The first-order valence-corrected chi connectivity index (χ1v) is 8.26. The number of hydrogen-bond donors (Lipinski definition) is 0. The van der Waals surface area contributed by atoms with E-state index in [-0.39, 0.29) is 0 Å². The molecule has 0 N–H and O–H groups in total. The molecule has 0 aromatic heterocycles. The Kier molecular flexibility index (Phi) is 7.82. The molecule has 2 atom stereocenters. The normalized spacial score (nSPS) is 27.2. The maximum atomic E-state index is 5.68. The Hall–Kier alpha value is -0.120. The molecule has 112 valence electrons. The third kappa shape index (κ3) is 6.73. The number of hydrogen-bond acceptors (Lipinski definition) is 3. The first-order chi connectivity index (χ1) is 9.45. The van der Waals surface area contributed by atoms with E-state index in [1.165, 1.54) is 64.2 Å². The van der Waals surface area contributed by atoms with Crippen molar-refractivity contribution in [3.63, 3.8) is 0 Å². The van der Waals surface area contributed by atoms with Crippen LogP contribution < -0.4 is 0 Å². The highest BCUT2D eigenvalue weighted by atomic mass is 16.5. The average Bonchev–Trinajstić information content (AvgIpc) is 3.10. The Labute approximate surface area is 118 Å². The Morgan fingerprint density at radius 1 is 0.737 bits per heavy atom. The molecule has 2 aliphatic rings. The molecule has 2 rings (SSSR count). The monoisotopic (exact) mass is 270 g/mol. The summed E-state index contributed by atoms with van der Waals surface area (Å²) in [7, 11) is 0. The fourth-order valence-electron chi connectivity index (χ4n) is 3.00. The summed E-state index contributed by atoms with van der Waals surface area (Å²) in [6.45, 7) is 3.80. The molecular formula is C16H30O3. The molecule has 0 spiro atoms. The standard InChI is InChI=1S/C16H30O3/c1(7-15-9-5-13-18-15)3-11-17-12-4-2-8-16-10-6-14-19-16/h15-16H,1-14H2. The van der Waals surface area contributed by atoms with Crippen molar-refractivity contribution >= 4 is 0 Å². The Bertz CT molecular complexity index is 186. The van der Waals surface area contributed by atoms with Gasteiger partial charge in [0.15, 0.2) is 0 Å². The van der Waals surface area contributed by atoms with E-state index in [1.807, 2.05) is 0 Å². The van der Waals surface area contributed by atoms with E-state index in [9.17, 15) is 0 Å². The minimum absolute atomic E-state index is 0.548. The lowest BCUT2D eigenvalue weighted by molar-refractivity contribution is 0.0873. The van der Waals surface area contributed by atoms with Crippen molar-refractivity contribution in [3.8, 4) is 0 Å². The van der Waals surface area contributed by atoms with Gasteiger partial charge in [-0.25, -0.2) is 0 Å². The van der Waals surface area contributed by atoms with Crippen molar-refractivity contribution in [2.45, 2.75) is 76.4 Å². The first kappa shape index (κ1) is 15.3. The minimum atomic E-state index is 0.548. The van der Waals surface area contributed by atoms with E-state index in [2.05, 4.69) is 0 Å². The lowest BCUT2D eigenvalue weighted by atomic mass is 10.1. The van der Waals surface area contributed by atoms with Gasteiger partial charge in [0, 0.05) is 26.4 Å². The van der Waals surface area contributed by atoms with Crippen LogP contribution in [0.15, 0.2) is 0 Å². The summed E-state index contributed by atoms with van der Waals surface area (Å²) >= 11 is 0. The minimum Gasteiger partial charge on any atom is -0.381 e. The second-order valence-corrected chi connectivity index (χ2v) is 5.87. The zero-order valence-corrected chi connectivity index (χ0v) is 12.3. The van der Waals surface area contributed by atoms with Crippen LogP contribution in [0.4, 0.5) is 0 Å². The van der Waals surface area contributed by atoms with Gasteiger partial charge in [0.05, 0.1) is 12.2 Å². The summed E-state index contributed by atoms with van der Waals surface area (Å²) in [6.07, 6.45) is 13.5. The first-order valence-electron chi connectivity index (χ1n) is 8.26. The third-order valence-corrected chi connectivity index (χ3v) is 4.18. The fourth-order valence-corrected chi connectivity index (χ4v) is 3.00. The van der Waals surface area contributed by atoms with Crippen molar-refractivity contribution in [1.29, 1.82) is 0 Å². The van der Waals surface area contributed by atoms with Gasteiger partial charge in [-0.05, 0) is 64.2 Å². The maximum absolute atomic E-state index is 5.68. The predicted molar refractivity (Wildman–Crippen MR) is 76.5 cm³/mol. The van der Waals surface area contributed by atoms with Gasteiger partial charge in [0.1, 0.15) is 0 Å². The molecule has 19 heavy (non-hydrogen) atoms. The van der Waals surface area contributed by atoms with Crippen molar-refractivity contribution in [3.05, 3.63) is 0 Å². The molecule has 0 saturated carbocycles. The van der Waals surface area contributed by atoms with Gasteiger partial charge in [0.25, 0.3) is 0 Å². The van der Waals surface area contributed by atoms with Gasteiger partial charge >= 0.3 is 0 Å². The van der Waals surface area contributed by atoms with Gasteiger partial charge in [-0.3, -0.25) is 0 Å². The zero-order valence-electron chi connectivity index (χ0n) is 12.3. The van der Waals surface area contributed by atoms with E-state index >= 15 is 0 Å². The second-order valence-electron chi connectivity index (χ2n) is 5.87. The Morgan fingerprint density at radius 2 is 1.26 bits per heavy atom. The van der Waals surface area contributed by atoms with E-state index in [0.717, 1.165) is 26.4 Å². The number of rotatable bonds is 10. The van der Waals surface area contributed by atoms with Crippen molar-refractivity contribution in [2.75, 3.05) is 26.4 Å². The largest absolute Gasteiger partial charge is 0.381 e. The SMILES string of the molecule is C(CCC1CCCO1)COCCCCC1CCCO1. The molecule has 0 radical (unpaired) electrons. The Morgan fingerprint density at radius 3 is 1.68 bits per heavy atom. The van der Waals surface area contributed by atoms with E-state index < -0.39 is 0 Å². The molecule has 2 unspecified atom stereocenters. The molecule has 2 heterocycles. The lowest BCUT2D eigenvalue weighted by Crippen LogP contribution is -2.06. The highest BCUT2D eigenvalue weighted by Crippen LogP contribution is 2.18. The molecule has 0 aliphatic carbocycles. The van der Waals surface area contributed by atoms with Crippen LogP contribution in [0.3, 0.4) is 0 Å². The molecule has 2 fully saturated rings. The highest BCUT2D eigenvalue weighted by Gasteiger charge is 2.15. The van der Waals surface area contributed by atoms with Crippen molar-refractivity contribution < 1.29 is 14.2 Å². The highest BCUT2D eigenvalue weighted by molar-refractivity contribution is 4.65. The summed E-state index contributed by atoms with van der Waals surface area (Å²) in [6, 6.07) is 0. The molecule has 0 aromatic rings. The zero-order chi connectivity index (χ0) is 13.2. The van der Waals surface area contributed by atoms with Gasteiger partial charge in [0.2, 0.25) is 0 Å². The summed E-state index contributed by atoms with van der Waals surface area (Å²) in [4.78, 5) is 0. The molecule has 3 nitrogen and oxygen atoms in total. The Balaban J connectivity index is 1.28. The van der Waals surface area contributed by atoms with Crippen LogP contribution in [0, 0.1) is 0 Å². The van der Waals surface area contributed by atoms with Crippen molar-refractivity contribution in [1.82, 2.24) is 0 Å². The van der Waals surface area contributed by atoms with E-state index in [1.54, 1.807) is 0 Å². The van der Waals surface area contributed by atoms with Gasteiger partial charge in [-0.1, -0.05) is 0 Å². The van der Waals surface area contributed by atoms with Crippen LogP contribution in [-0.4, -0.2) is 38.6 Å².